The first kappa shape index (κ1) is 29.1. The summed E-state index contributed by atoms with van der Waals surface area (Å²) >= 11 is 0. The number of hydrogen-bond acceptors (Lipinski definition) is 7. The largest absolute Gasteiger partial charge is 0.745 e. The van der Waals surface area contributed by atoms with Crippen molar-refractivity contribution >= 4 is 16.5 Å². The van der Waals surface area contributed by atoms with Gasteiger partial charge in [-0.2, -0.15) is 0 Å². The van der Waals surface area contributed by atoms with E-state index in [2.05, 4.69) is 51.9 Å². The van der Waals surface area contributed by atoms with Crippen molar-refractivity contribution in [3.8, 4) is 0 Å². The Hall–Kier alpha value is -0.860. The molecule has 1 aromatic rings. The fraction of sp³-hybridized carbons (Fsp3) is 0.684. The fourth-order valence-electron chi connectivity index (χ4n) is 2.71. The van der Waals surface area contributed by atoms with E-state index in [1.165, 1.54) is 0 Å². The van der Waals surface area contributed by atoms with Crippen LogP contribution in [0.5, 0.6) is 0 Å². The second-order valence-electron chi connectivity index (χ2n) is 9.10. The lowest BCUT2D eigenvalue weighted by molar-refractivity contribution is -0.0857. The number of aliphatic hydroxyl groups is 4. The molecule has 0 fully saturated rings. The molecular weight excluding hydrogens is 434 g/mol. The van der Waals surface area contributed by atoms with E-state index >= 15 is 0 Å². The SMILES string of the molecule is CC(C)(C)c1ccc(C(O)C(CO)(CO)CO)c(C(C)(C)C)c1.O=[P+](O)O[P+](=O)O. The summed E-state index contributed by atoms with van der Waals surface area (Å²) in [5, 5.41) is 39.6. The summed E-state index contributed by atoms with van der Waals surface area (Å²) in [6.45, 7) is 11.1. The highest BCUT2D eigenvalue weighted by Crippen LogP contribution is 2.40. The Labute approximate surface area is 179 Å². The molecule has 0 aliphatic carbocycles. The molecule has 0 saturated carbocycles. The van der Waals surface area contributed by atoms with Crippen LogP contribution in [0.15, 0.2) is 18.2 Å². The number of hydrogen-bond donors (Lipinski definition) is 6. The predicted octanol–water partition coefficient (Wildman–Crippen LogP) is 2.58. The van der Waals surface area contributed by atoms with E-state index in [-0.39, 0.29) is 10.8 Å². The molecule has 1 aromatic carbocycles. The van der Waals surface area contributed by atoms with Crippen LogP contribution in [-0.2, 0) is 24.3 Å². The topological polar surface area (TPSA) is 165 Å². The van der Waals surface area contributed by atoms with E-state index in [1.54, 1.807) is 0 Å². The third-order valence-corrected chi connectivity index (χ3v) is 5.80. The first-order valence-electron chi connectivity index (χ1n) is 9.21. The highest BCUT2D eigenvalue weighted by atomic mass is 31.2. The van der Waals surface area contributed by atoms with Crippen molar-refractivity contribution in [1.82, 2.24) is 0 Å². The Morgan fingerprint density at radius 2 is 1.30 bits per heavy atom. The molecule has 172 valence electrons. The maximum absolute atomic E-state index is 10.8. The van der Waals surface area contributed by atoms with Gasteiger partial charge in [0.2, 0.25) is 0 Å². The smallest absolute Gasteiger partial charge is 0.395 e. The summed E-state index contributed by atoms with van der Waals surface area (Å²) < 4.78 is 22.2. The Balaban J connectivity index is 0.00000103. The normalized spacial score (nSPS) is 14.5. The number of aliphatic hydroxyl groups excluding tert-OH is 4. The molecule has 3 atom stereocenters. The molecular formula is C19H34O9P2+2. The first-order valence-corrected chi connectivity index (χ1v) is 11.5. The third-order valence-electron chi connectivity index (χ3n) is 4.69. The molecule has 11 heteroatoms. The molecule has 0 aliphatic rings. The Morgan fingerprint density at radius 3 is 1.57 bits per heavy atom. The number of benzene rings is 1. The van der Waals surface area contributed by atoms with Crippen molar-refractivity contribution in [3.05, 3.63) is 34.9 Å². The lowest BCUT2D eigenvalue weighted by Gasteiger charge is -2.36. The summed E-state index contributed by atoms with van der Waals surface area (Å²) in [6, 6.07) is 5.89. The quantitative estimate of drug-likeness (QED) is 0.330. The summed E-state index contributed by atoms with van der Waals surface area (Å²) in [5.41, 5.74) is 1.15. The van der Waals surface area contributed by atoms with Crippen LogP contribution in [0.4, 0.5) is 0 Å². The third kappa shape index (κ3) is 8.35. The Morgan fingerprint density at radius 1 is 0.867 bits per heavy atom. The molecule has 0 aliphatic heterocycles. The minimum atomic E-state index is -2.92. The molecule has 0 amide bonds. The molecule has 30 heavy (non-hydrogen) atoms. The second-order valence-corrected chi connectivity index (χ2v) is 10.7. The minimum absolute atomic E-state index is 0.0223. The van der Waals surface area contributed by atoms with Gasteiger partial charge in [0.1, 0.15) is 0 Å². The maximum Gasteiger partial charge on any atom is 0.745 e. The monoisotopic (exact) mass is 468 g/mol. The van der Waals surface area contributed by atoms with Crippen LogP contribution in [0.3, 0.4) is 0 Å². The van der Waals surface area contributed by atoms with E-state index in [9.17, 15) is 29.6 Å². The van der Waals surface area contributed by atoms with Gasteiger partial charge < -0.3 is 20.4 Å². The second kappa shape index (κ2) is 11.7. The highest BCUT2D eigenvalue weighted by Gasteiger charge is 2.40. The molecule has 0 saturated heterocycles. The molecule has 3 unspecified atom stereocenters. The Bertz CT molecular complexity index is 699. The van der Waals surface area contributed by atoms with Crippen LogP contribution < -0.4 is 0 Å². The zero-order valence-electron chi connectivity index (χ0n) is 18.2. The molecule has 0 spiro atoms. The van der Waals surface area contributed by atoms with Crippen LogP contribution in [0, 0.1) is 5.41 Å². The van der Waals surface area contributed by atoms with Gasteiger partial charge in [-0.3, -0.25) is 0 Å². The van der Waals surface area contributed by atoms with E-state index in [0.29, 0.717) is 5.56 Å². The Kier molecular flexibility index (Phi) is 11.3. The summed E-state index contributed by atoms with van der Waals surface area (Å²) in [7, 11) is -5.85. The minimum Gasteiger partial charge on any atom is -0.395 e. The van der Waals surface area contributed by atoms with Crippen molar-refractivity contribution < 1.29 is 43.7 Å². The van der Waals surface area contributed by atoms with Crippen LogP contribution in [0.1, 0.15) is 64.3 Å². The highest BCUT2D eigenvalue weighted by molar-refractivity contribution is 7.46. The molecule has 9 nitrogen and oxygen atoms in total. The van der Waals surface area contributed by atoms with E-state index in [0.717, 1.165) is 11.1 Å². The van der Waals surface area contributed by atoms with Crippen LogP contribution >= 0.6 is 16.5 Å². The molecule has 6 N–H and O–H groups in total. The lowest BCUT2D eigenvalue weighted by Crippen LogP contribution is -2.41. The average Bonchev–Trinajstić information content (AvgIpc) is 2.61. The predicted molar refractivity (Wildman–Crippen MR) is 113 cm³/mol. The van der Waals surface area contributed by atoms with E-state index in [1.807, 2.05) is 12.1 Å². The van der Waals surface area contributed by atoms with Gasteiger partial charge in [-0.05, 0) is 27.5 Å². The first-order chi connectivity index (χ1) is 13.6. The molecule has 0 aromatic heterocycles. The van der Waals surface area contributed by atoms with Crippen molar-refractivity contribution in [2.24, 2.45) is 5.41 Å². The van der Waals surface area contributed by atoms with Gasteiger partial charge in [-0.1, -0.05) is 59.7 Å². The summed E-state index contributed by atoms with van der Waals surface area (Å²) in [4.78, 5) is 15.3. The van der Waals surface area contributed by atoms with Crippen molar-refractivity contribution in [3.63, 3.8) is 0 Å². The summed E-state index contributed by atoms with van der Waals surface area (Å²) in [5.74, 6) is 0. The zero-order chi connectivity index (χ0) is 23.9. The molecule has 0 bridgehead atoms. The fourth-order valence-corrected chi connectivity index (χ4v) is 3.19. The van der Waals surface area contributed by atoms with Gasteiger partial charge in [0.15, 0.2) is 4.31 Å². The van der Waals surface area contributed by atoms with E-state index < -0.39 is 47.8 Å². The molecule has 0 radical (unpaired) electrons. The standard InChI is InChI=1S/C19H32O4.O5P2/c1-17(2,3)13-7-8-14(15(9-13)18(4,5)6)16(23)19(10-20,11-21)12-22;1-6(2)5-7(3)4/h7-9,16,20-23H,10-12H2,1-6H3;/p+2. The van der Waals surface area contributed by atoms with Gasteiger partial charge in [-0.15, -0.1) is 9.79 Å². The number of rotatable bonds is 7. The van der Waals surface area contributed by atoms with Crippen molar-refractivity contribution in [1.29, 1.82) is 0 Å². The maximum atomic E-state index is 10.8. The van der Waals surface area contributed by atoms with Crippen LogP contribution in [0.2, 0.25) is 0 Å². The zero-order valence-corrected chi connectivity index (χ0v) is 20.0. The van der Waals surface area contributed by atoms with Crippen molar-refractivity contribution in [2.75, 3.05) is 19.8 Å². The lowest BCUT2D eigenvalue weighted by atomic mass is 9.73. The van der Waals surface area contributed by atoms with Crippen LogP contribution in [-0.4, -0.2) is 50.0 Å². The molecule has 0 heterocycles. The van der Waals surface area contributed by atoms with Crippen LogP contribution in [0.25, 0.3) is 0 Å². The summed E-state index contributed by atoms with van der Waals surface area (Å²) in [6.07, 6.45) is -1.15. The van der Waals surface area contributed by atoms with Gasteiger partial charge >= 0.3 is 16.5 Å². The van der Waals surface area contributed by atoms with Gasteiger partial charge in [0.25, 0.3) is 0 Å². The molecule has 1 rings (SSSR count). The van der Waals surface area contributed by atoms with Gasteiger partial charge in [-0.25, -0.2) is 0 Å². The van der Waals surface area contributed by atoms with Gasteiger partial charge in [0.05, 0.1) is 31.3 Å². The van der Waals surface area contributed by atoms with Crippen molar-refractivity contribution in [2.45, 2.75) is 58.5 Å². The van der Waals surface area contributed by atoms with Gasteiger partial charge in [0, 0.05) is 9.13 Å². The van der Waals surface area contributed by atoms with E-state index in [4.69, 9.17) is 9.79 Å². The average molecular weight is 468 g/mol.